The molecule has 0 saturated heterocycles. The quantitative estimate of drug-likeness (QED) is 0.841. The molecule has 0 heterocycles. The molecular formula is C15H23FN2. The molecule has 0 spiro atoms. The fraction of sp³-hybridized carbons (Fsp3) is 0.600. The molecule has 2 nitrogen and oxygen atoms in total. The minimum absolute atomic E-state index is 0.193. The van der Waals surface area contributed by atoms with E-state index in [9.17, 15) is 4.39 Å². The van der Waals surface area contributed by atoms with E-state index in [2.05, 4.69) is 18.9 Å². The molecular weight excluding hydrogens is 227 g/mol. The molecule has 3 heteroatoms. The summed E-state index contributed by atoms with van der Waals surface area (Å²) in [5, 5.41) is 0. The van der Waals surface area contributed by atoms with Gasteiger partial charge in [-0.15, -0.1) is 0 Å². The number of halogens is 1. The van der Waals surface area contributed by atoms with Gasteiger partial charge in [-0.1, -0.05) is 25.1 Å². The monoisotopic (exact) mass is 250 g/mol. The first-order chi connectivity index (χ1) is 8.58. The first-order valence-electron chi connectivity index (χ1n) is 6.76. The summed E-state index contributed by atoms with van der Waals surface area (Å²) in [5.74, 6) is 0.944. The summed E-state index contributed by atoms with van der Waals surface area (Å²) >= 11 is 0. The van der Waals surface area contributed by atoms with Crippen LogP contribution in [0.2, 0.25) is 0 Å². The van der Waals surface area contributed by atoms with Crippen LogP contribution in [0.3, 0.4) is 0 Å². The first kappa shape index (κ1) is 13.5. The predicted octanol–water partition coefficient (Wildman–Crippen LogP) is 2.80. The van der Waals surface area contributed by atoms with Crippen molar-refractivity contribution in [3.63, 3.8) is 0 Å². The number of hydrogen-bond acceptors (Lipinski definition) is 2. The highest BCUT2D eigenvalue weighted by molar-refractivity contribution is 5.21. The Morgan fingerprint density at radius 2 is 2.06 bits per heavy atom. The van der Waals surface area contributed by atoms with Gasteiger partial charge in [-0.25, -0.2) is 4.39 Å². The number of rotatable bonds is 6. The van der Waals surface area contributed by atoms with Crippen LogP contribution >= 0.6 is 0 Å². The molecule has 18 heavy (non-hydrogen) atoms. The molecule has 100 valence electrons. The van der Waals surface area contributed by atoms with E-state index >= 15 is 0 Å². The molecule has 2 atom stereocenters. The van der Waals surface area contributed by atoms with Gasteiger partial charge in [0.2, 0.25) is 0 Å². The largest absolute Gasteiger partial charge is 0.324 e. The Balaban J connectivity index is 1.91. The maximum atomic E-state index is 13.7. The third-order valence-corrected chi connectivity index (χ3v) is 3.74. The lowest BCUT2D eigenvalue weighted by atomic mass is 9.94. The average molecular weight is 250 g/mol. The molecule has 1 aromatic rings. The van der Waals surface area contributed by atoms with E-state index < -0.39 is 0 Å². The van der Waals surface area contributed by atoms with Crippen molar-refractivity contribution in [2.75, 3.05) is 20.1 Å². The minimum atomic E-state index is -0.229. The van der Waals surface area contributed by atoms with Gasteiger partial charge < -0.3 is 10.6 Å². The van der Waals surface area contributed by atoms with Gasteiger partial charge in [0.15, 0.2) is 0 Å². The lowest BCUT2D eigenvalue weighted by Crippen LogP contribution is -2.32. The summed E-state index contributed by atoms with van der Waals surface area (Å²) in [4.78, 5) is 2.32. The van der Waals surface area contributed by atoms with Crippen LogP contribution in [0.15, 0.2) is 24.3 Å². The van der Waals surface area contributed by atoms with Gasteiger partial charge in [-0.2, -0.15) is 0 Å². The van der Waals surface area contributed by atoms with Crippen molar-refractivity contribution in [3.05, 3.63) is 35.6 Å². The first-order valence-corrected chi connectivity index (χ1v) is 6.76. The molecule has 2 N–H and O–H groups in total. The normalized spacial score (nSPS) is 18.9. The highest BCUT2D eigenvalue weighted by Gasteiger charge is 2.25. The summed E-state index contributed by atoms with van der Waals surface area (Å²) in [5.41, 5.74) is 6.80. The van der Waals surface area contributed by atoms with Gasteiger partial charge in [0.05, 0.1) is 0 Å². The third kappa shape index (κ3) is 3.53. The van der Waals surface area contributed by atoms with E-state index in [4.69, 9.17) is 5.73 Å². The van der Waals surface area contributed by atoms with E-state index in [1.54, 1.807) is 12.1 Å². The summed E-state index contributed by atoms with van der Waals surface area (Å²) in [7, 11) is 2.13. The zero-order chi connectivity index (χ0) is 13.1. The number of hydrogen-bond donors (Lipinski definition) is 1. The van der Waals surface area contributed by atoms with Crippen molar-refractivity contribution >= 4 is 0 Å². The second-order valence-electron chi connectivity index (χ2n) is 5.69. The second-order valence-corrected chi connectivity index (χ2v) is 5.69. The Labute approximate surface area is 109 Å². The van der Waals surface area contributed by atoms with Crippen LogP contribution in [0, 0.1) is 17.7 Å². The van der Waals surface area contributed by atoms with Crippen molar-refractivity contribution in [3.8, 4) is 0 Å². The van der Waals surface area contributed by atoms with Crippen molar-refractivity contribution in [1.82, 2.24) is 4.90 Å². The minimum Gasteiger partial charge on any atom is -0.324 e. The molecule has 0 radical (unpaired) electrons. The molecule has 2 rings (SSSR count). The second kappa shape index (κ2) is 5.81. The molecule has 2 unspecified atom stereocenters. The molecule has 1 saturated carbocycles. The molecule has 0 aliphatic heterocycles. The van der Waals surface area contributed by atoms with Crippen molar-refractivity contribution in [2.45, 2.75) is 25.8 Å². The lowest BCUT2D eigenvalue weighted by molar-refractivity contribution is 0.254. The number of benzene rings is 1. The van der Waals surface area contributed by atoms with Crippen LogP contribution in [0.5, 0.6) is 0 Å². The highest BCUT2D eigenvalue weighted by Crippen LogP contribution is 2.30. The van der Waals surface area contributed by atoms with Crippen LogP contribution in [0.4, 0.5) is 4.39 Å². The highest BCUT2D eigenvalue weighted by atomic mass is 19.1. The lowest BCUT2D eigenvalue weighted by Gasteiger charge is -2.26. The molecule has 0 bridgehead atoms. The van der Waals surface area contributed by atoms with E-state index in [1.807, 2.05) is 6.07 Å². The van der Waals surface area contributed by atoms with Gasteiger partial charge in [0.25, 0.3) is 0 Å². The zero-order valence-corrected chi connectivity index (χ0v) is 11.3. The van der Waals surface area contributed by atoms with Gasteiger partial charge >= 0.3 is 0 Å². The van der Waals surface area contributed by atoms with Crippen LogP contribution in [0.25, 0.3) is 0 Å². The standard InChI is InChI=1S/C15H23FN2/c1-11(9-18(2)10-12-7-8-12)15(17)13-5-3-4-6-14(13)16/h3-6,11-12,15H,7-10,17H2,1-2H3. The Morgan fingerprint density at radius 1 is 1.39 bits per heavy atom. The summed E-state index contributed by atoms with van der Waals surface area (Å²) in [6.45, 7) is 4.17. The maximum Gasteiger partial charge on any atom is 0.127 e. The van der Waals surface area contributed by atoms with Crippen LogP contribution in [-0.4, -0.2) is 25.0 Å². The van der Waals surface area contributed by atoms with Crippen LogP contribution in [-0.2, 0) is 0 Å². The number of nitrogens with two attached hydrogens (primary N) is 1. The van der Waals surface area contributed by atoms with Gasteiger partial charge in [-0.3, -0.25) is 0 Å². The number of nitrogens with zero attached hydrogens (tertiary/aromatic N) is 1. The Bertz CT molecular complexity index is 390. The summed E-state index contributed by atoms with van der Waals surface area (Å²) < 4.78 is 13.7. The van der Waals surface area contributed by atoms with Gasteiger partial charge in [-0.05, 0) is 37.8 Å². The van der Waals surface area contributed by atoms with E-state index in [0.29, 0.717) is 5.56 Å². The fourth-order valence-corrected chi connectivity index (χ4v) is 2.47. The summed E-state index contributed by atoms with van der Waals surface area (Å²) in [6.07, 6.45) is 2.72. The molecule has 1 aliphatic carbocycles. The predicted molar refractivity (Wildman–Crippen MR) is 72.7 cm³/mol. The Hall–Kier alpha value is -0.930. The van der Waals surface area contributed by atoms with E-state index in [-0.39, 0.29) is 17.8 Å². The maximum absolute atomic E-state index is 13.7. The van der Waals surface area contributed by atoms with E-state index in [0.717, 1.165) is 19.0 Å². The Kier molecular flexibility index (Phi) is 4.36. The zero-order valence-electron chi connectivity index (χ0n) is 11.3. The summed E-state index contributed by atoms with van der Waals surface area (Å²) in [6, 6.07) is 6.59. The Morgan fingerprint density at radius 3 is 2.67 bits per heavy atom. The molecule has 1 aliphatic rings. The molecule has 1 aromatic carbocycles. The molecule has 1 fully saturated rings. The molecule has 0 amide bonds. The average Bonchev–Trinajstić information content (AvgIpc) is 3.12. The van der Waals surface area contributed by atoms with Crippen molar-refractivity contribution in [2.24, 2.45) is 17.6 Å². The smallest absolute Gasteiger partial charge is 0.127 e. The third-order valence-electron chi connectivity index (χ3n) is 3.74. The topological polar surface area (TPSA) is 29.3 Å². The van der Waals surface area contributed by atoms with Crippen LogP contribution < -0.4 is 5.73 Å². The molecule has 0 aromatic heterocycles. The van der Waals surface area contributed by atoms with Crippen molar-refractivity contribution in [1.29, 1.82) is 0 Å². The van der Waals surface area contributed by atoms with Crippen molar-refractivity contribution < 1.29 is 4.39 Å². The fourth-order valence-electron chi connectivity index (χ4n) is 2.47. The van der Waals surface area contributed by atoms with Crippen LogP contribution in [0.1, 0.15) is 31.4 Å². The SMILES string of the molecule is CC(CN(C)CC1CC1)C(N)c1ccccc1F. The van der Waals surface area contributed by atoms with Gasteiger partial charge in [0, 0.05) is 24.7 Å². The van der Waals surface area contributed by atoms with E-state index in [1.165, 1.54) is 18.9 Å². The van der Waals surface area contributed by atoms with Gasteiger partial charge in [0.1, 0.15) is 5.82 Å².